The highest BCUT2D eigenvalue weighted by Gasteiger charge is 2.05. The van der Waals surface area contributed by atoms with Gasteiger partial charge >= 0.3 is 0 Å². The van der Waals surface area contributed by atoms with Crippen molar-refractivity contribution in [3.63, 3.8) is 0 Å². The Kier molecular flexibility index (Phi) is 5.54. The van der Waals surface area contributed by atoms with Gasteiger partial charge in [0.1, 0.15) is 0 Å². The normalized spacial score (nSPS) is 12.7. The summed E-state index contributed by atoms with van der Waals surface area (Å²) in [6.45, 7) is 3.35. The molecular weight excluding hydrogens is 246 g/mol. The maximum atomic E-state index is 10.0. The van der Waals surface area contributed by atoms with Crippen molar-refractivity contribution >= 4 is 6.08 Å². The summed E-state index contributed by atoms with van der Waals surface area (Å²) in [6.07, 6.45) is 3.68. The van der Waals surface area contributed by atoms with Gasteiger partial charge in [0.05, 0.1) is 6.10 Å². The van der Waals surface area contributed by atoms with Crippen molar-refractivity contribution in [3.8, 4) is 0 Å². The van der Waals surface area contributed by atoms with E-state index < -0.39 is 6.10 Å². The van der Waals surface area contributed by atoms with Gasteiger partial charge in [-0.15, -0.1) is 0 Å². The molecule has 20 heavy (non-hydrogen) atoms. The molecule has 0 saturated carbocycles. The van der Waals surface area contributed by atoms with E-state index in [0.29, 0.717) is 6.54 Å². The summed E-state index contributed by atoms with van der Waals surface area (Å²) < 4.78 is 0. The van der Waals surface area contributed by atoms with E-state index in [4.69, 9.17) is 0 Å². The second-order valence-corrected chi connectivity index (χ2v) is 4.90. The SMILES string of the molecule is Cc1ccc(C(O)CNC/C=C/c2ccccc2)cc1. The minimum Gasteiger partial charge on any atom is -0.387 e. The topological polar surface area (TPSA) is 32.3 Å². The van der Waals surface area contributed by atoms with Crippen LogP contribution < -0.4 is 5.32 Å². The number of aliphatic hydroxyl groups excluding tert-OH is 1. The third-order valence-electron chi connectivity index (χ3n) is 3.17. The van der Waals surface area contributed by atoms with Crippen molar-refractivity contribution < 1.29 is 5.11 Å². The van der Waals surface area contributed by atoms with E-state index in [1.54, 1.807) is 0 Å². The molecule has 104 valence electrons. The van der Waals surface area contributed by atoms with E-state index in [0.717, 1.165) is 12.1 Å². The lowest BCUT2D eigenvalue weighted by molar-refractivity contribution is 0.176. The largest absolute Gasteiger partial charge is 0.387 e. The molecule has 2 aromatic carbocycles. The Hall–Kier alpha value is -1.90. The first kappa shape index (κ1) is 14.5. The first-order chi connectivity index (χ1) is 9.75. The fourth-order valence-electron chi connectivity index (χ4n) is 1.97. The number of hydrogen-bond acceptors (Lipinski definition) is 2. The zero-order valence-electron chi connectivity index (χ0n) is 11.8. The molecule has 0 radical (unpaired) electrons. The molecule has 0 aliphatic rings. The summed E-state index contributed by atoms with van der Waals surface area (Å²) in [5.74, 6) is 0. The second kappa shape index (κ2) is 7.63. The monoisotopic (exact) mass is 267 g/mol. The zero-order valence-corrected chi connectivity index (χ0v) is 11.8. The number of nitrogens with one attached hydrogen (secondary N) is 1. The Morgan fingerprint density at radius 2 is 1.75 bits per heavy atom. The van der Waals surface area contributed by atoms with Gasteiger partial charge in [-0.05, 0) is 18.1 Å². The van der Waals surface area contributed by atoms with Crippen molar-refractivity contribution in [1.82, 2.24) is 5.32 Å². The highest BCUT2D eigenvalue weighted by molar-refractivity contribution is 5.48. The summed E-state index contributed by atoms with van der Waals surface area (Å²) in [5, 5.41) is 13.3. The van der Waals surface area contributed by atoms with Crippen LogP contribution >= 0.6 is 0 Å². The number of rotatable bonds is 6. The van der Waals surface area contributed by atoms with Gasteiger partial charge in [-0.25, -0.2) is 0 Å². The van der Waals surface area contributed by atoms with Crippen molar-refractivity contribution in [1.29, 1.82) is 0 Å². The Labute approximate surface area is 120 Å². The van der Waals surface area contributed by atoms with Crippen molar-refractivity contribution in [2.45, 2.75) is 13.0 Å². The van der Waals surface area contributed by atoms with Crippen LogP contribution in [-0.4, -0.2) is 18.2 Å². The average molecular weight is 267 g/mol. The fourth-order valence-corrected chi connectivity index (χ4v) is 1.97. The predicted octanol–water partition coefficient (Wildman–Crippen LogP) is 3.33. The van der Waals surface area contributed by atoms with Crippen molar-refractivity contribution in [2.75, 3.05) is 13.1 Å². The average Bonchev–Trinajstić information content (AvgIpc) is 2.48. The van der Waals surface area contributed by atoms with Crippen LogP contribution in [0.15, 0.2) is 60.7 Å². The summed E-state index contributed by atoms with van der Waals surface area (Å²) >= 11 is 0. The second-order valence-electron chi connectivity index (χ2n) is 4.90. The molecule has 2 N–H and O–H groups in total. The van der Waals surface area contributed by atoms with Gasteiger partial charge in [0.25, 0.3) is 0 Å². The number of benzene rings is 2. The lowest BCUT2D eigenvalue weighted by Gasteiger charge is -2.11. The van der Waals surface area contributed by atoms with Crippen LogP contribution in [0.4, 0.5) is 0 Å². The minimum absolute atomic E-state index is 0.458. The summed E-state index contributed by atoms with van der Waals surface area (Å²) in [7, 11) is 0. The number of aryl methyl sites for hydroxylation is 1. The Bertz CT molecular complexity index is 531. The fraction of sp³-hybridized carbons (Fsp3) is 0.222. The molecule has 2 nitrogen and oxygen atoms in total. The Morgan fingerprint density at radius 3 is 2.45 bits per heavy atom. The molecule has 0 saturated heterocycles. The molecule has 1 atom stereocenters. The standard InChI is InChI=1S/C18H21NO/c1-15-9-11-17(12-10-15)18(20)14-19-13-5-8-16-6-3-2-4-7-16/h2-12,18-20H,13-14H2,1H3/b8-5+. The first-order valence-corrected chi connectivity index (χ1v) is 6.92. The van der Waals surface area contributed by atoms with Gasteiger partial charge in [-0.2, -0.15) is 0 Å². The highest BCUT2D eigenvalue weighted by atomic mass is 16.3. The summed E-state index contributed by atoms with van der Waals surface area (Å²) in [5.41, 5.74) is 3.35. The van der Waals surface area contributed by atoms with E-state index in [1.807, 2.05) is 49.4 Å². The van der Waals surface area contributed by atoms with Crippen molar-refractivity contribution in [2.24, 2.45) is 0 Å². The Balaban J connectivity index is 1.73. The van der Waals surface area contributed by atoms with Crippen LogP contribution in [0, 0.1) is 6.92 Å². The van der Waals surface area contributed by atoms with E-state index in [1.165, 1.54) is 11.1 Å². The van der Waals surface area contributed by atoms with Crippen LogP contribution in [0.1, 0.15) is 22.8 Å². The zero-order chi connectivity index (χ0) is 14.2. The van der Waals surface area contributed by atoms with E-state index >= 15 is 0 Å². The molecule has 0 spiro atoms. The van der Waals surface area contributed by atoms with Gasteiger partial charge in [-0.3, -0.25) is 0 Å². The molecule has 0 amide bonds. The quantitative estimate of drug-likeness (QED) is 0.787. The molecule has 0 fully saturated rings. The van der Waals surface area contributed by atoms with E-state index in [-0.39, 0.29) is 0 Å². The van der Waals surface area contributed by atoms with Gasteiger partial charge in [0.2, 0.25) is 0 Å². The third kappa shape index (κ3) is 4.65. The van der Waals surface area contributed by atoms with Gasteiger partial charge in [0.15, 0.2) is 0 Å². The maximum Gasteiger partial charge on any atom is 0.0914 e. The lowest BCUT2D eigenvalue weighted by Crippen LogP contribution is -2.21. The van der Waals surface area contributed by atoms with Gasteiger partial charge in [0, 0.05) is 13.1 Å². The third-order valence-corrected chi connectivity index (χ3v) is 3.17. The molecule has 0 heterocycles. The first-order valence-electron chi connectivity index (χ1n) is 6.92. The van der Waals surface area contributed by atoms with Crippen molar-refractivity contribution in [3.05, 3.63) is 77.4 Å². The highest BCUT2D eigenvalue weighted by Crippen LogP contribution is 2.12. The molecular formula is C18H21NO. The van der Waals surface area contributed by atoms with E-state index in [9.17, 15) is 5.11 Å². The predicted molar refractivity (Wildman–Crippen MR) is 84.5 cm³/mol. The molecule has 0 aromatic heterocycles. The molecule has 0 aliphatic heterocycles. The minimum atomic E-state index is -0.458. The van der Waals surface area contributed by atoms with Crippen LogP contribution in [0.2, 0.25) is 0 Å². The van der Waals surface area contributed by atoms with Crippen LogP contribution in [0.25, 0.3) is 6.08 Å². The molecule has 2 heteroatoms. The van der Waals surface area contributed by atoms with Crippen LogP contribution in [0.5, 0.6) is 0 Å². The maximum absolute atomic E-state index is 10.0. The van der Waals surface area contributed by atoms with Gasteiger partial charge in [-0.1, -0.05) is 72.3 Å². The van der Waals surface area contributed by atoms with Crippen LogP contribution in [-0.2, 0) is 0 Å². The Morgan fingerprint density at radius 1 is 1.05 bits per heavy atom. The molecule has 1 unspecified atom stereocenters. The molecule has 0 bridgehead atoms. The van der Waals surface area contributed by atoms with E-state index in [2.05, 4.69) is 29.6 Å². The summed E-state index contributed by atoms with van der Waals surface area (Å²) in [6, 6.07) is 18.2. The molecule has 0 aliphatic carbocycles. The van der Waals surface area contributed by atoms with Gasteiger partial charge < -0.3 is 10.4 Å². The summed E-state index contributed by atoms with van der Waals surface area (Å²) in [4.78, 5) is 0. The van der Waals surface area contributed by atoms with Crippen LogP contribution in [0.3, 0.4) is 0 Å². The number of aliphatic hydroxyl groups is 1. The smallest absolute Gasteiger partial charge is 0.0914 e. The number of hydrogen-bond donors (Lipinski definition) is 2. The lowest BCUT2D eigenvalue weighted by atomic mass is 10.1. The molecule has 2 aromatic rings. The molecule has 2 rings (SSSR count).